The number of hydrogen-bond acceptors (Lipinski definition) is 3. The molecule has 4 heteroatoms. The number of aromatic nitrogens is 1. The maximum atomic E-state index is 5.83. The van der Waals surface area contributed by atoms with E-state index in [9.17, 15) is 0 Å². The van der Waals surface area contributed by atoms with E-state index < -0.39 is 0 Å². The van der Waals surface area contributed by atoms with Crippen molar-refractivity contribution in [2.75, 3.05) is 6.54 Å². The van der Waals surface area contributed by atoms with Gasteiger partial charge in [0.1, 0.15) is 11.5 Å². The molecule has 1 aromatic carbocycles. The molecule has 1 aromatic heterocycles. The first-order valence-electron chi connectivity index (χ1n) is 5.35. The van der Waals surface area contributed by atoms with Crippen molar-refractivity contribution in [3.8, 4) is 11.5 Å². The molecule has 0 saturated carbocycles. The van der Waals surface area contributed by atoms with Gasteiger partial charge in [0.25, 0.3) is 0 Å². The summed E-state index contributed by atoms with van der Waals surface area (Å²) >= 11 is 5.83. The summed E-state index contributed by atoms with van der Waals surface area (Å²) in [4.78, 5) is 3.96. The van der Waals surface area contributed by atoms with Gasteiger partial charge in [0.15, 0.2) is 0 Å². The van der Waals surface area contributed by atoms with Crippen molar-refractivity contribution in [3.63, 3.8) is 0 Å². The molecule has 0 radical (unpaired) electrons. The van der Waals surface area contributed by atoms with Gasteiger partial charge in [-0.1, -0.05) is 23.7 Å². The lowest BCUT2D eigenvalue weighted by atomic mass is 10.1. The Morgan fingerprint density at radius 1 is 1.18 bits per heavy atom. The summed E-state index contributed by atoms with van der Waals surface area (Å²) in [5.41, 5.74) is 6.67. The molecule has 2 rings (SSSR count). The third-order valence-corrected chi connectivity index (χ3v) is 2.45. The van der Waals surface area contributed by atoms with Crippen molar-refractivity contribution >= 4 is 11.6 Å². The summed E-state index contributed by atoms with van der Waals surface area (Å²) in [6.07, 6.45) is 4.03. The van der Waals surface area contributed by atoms with Gasteiger partial charge in [-0.2, -0.15) is 0 Å². The summed E-state index contributed by atoms with van der Waals surface area (Å²) in [7, 11) is 0. The summed E-state index contributed by atoms with van der Waals surface area (Å²) in [5.74, 6) is 1.39. The van der Waals surface area contributed by atoms with Crippen molar-refractivity contribution in [2.45, 2.75) is 6.42 Å². The number of nitrogens with zero attached hydrogens (tertiary/aromatic N) is 1. The molecule has 1 heterocycles. The second-order valence-electron chi connectivity index (χ2n) is 3.63. The van der Waals surface area contributed by atoms with E-state index in [1.165, 1.54) is 0 Å². The molecule has 0 saturated heterocycles. The van der Waals surface area contributed by atoms with E-state index >= 15 is 0 Å². The summed E-state index contributed by atoms with van der Waals surface area (Å²) < 4.78 is 5.66. The Bertz CT molecular complexity index is 502. The minimum atomic E-state index is 0.556. The van der Waals surface area contributed by atoms with E-state index in [2.05, 4.69) is 4.98 Å². The molecular formula is C13H13ClN2O. The second kappa shape index (κ2) is 5.66. The quantitative estimate of drug-likeness (QED) is 0.905. The molecule has 0 aliphatic rings. The number of rotatable bonds is 4. The molecule has 17 heavy (non-hydrogen) atoms. The summed E-state index contributed by atoms with van der Waals surface area (Å²) in [6, 6.07) is 9.55. The molecule has 0 aliphatic carbocycles. The van der Waals surface area contributed by atoms with Gasteiger partial charge in [-0.05, 0) is 30.7 Å². The molecule has 3 nitrogen and oxygen atoms in total. The number of benzene rings is 1. The molecule has 0 unspecified atom stereocenters. The maximum absolute atomic E-state index is 5.83. The van der Waals surface area contributed by atoms with Crippen LogP contribution in [0.3, 0.4) is 0 Å². The highest BCUT2D eigenvalue weighted by atomic mass is 35.5. The predicted octanol–water partition coefficient (Wildman–Crippen LogP) is 3.03. The monoisotopic (exact) mass is 248 g/mol. The number of pyridine rings is 1. The average molecular weight is 249 g/mol. The first-order chi connectivity index (χ1) is 8.28. The van der Waals surface area contributed by atoms with Crippen LogP contribution in [0.25, 0.3) is 0 Å². The highest BCUT2D eigenvalue weighted by molar-refractivity contribution is 6.30. The van der Waals surface area contributed by atoms with Crippen LogP contribution >= 0.6 is 11.6 Å². The second-order valence-corrected chi connectivity index (χ2v) is 4.06. The minimum absolute atomic E-state index is 0.556. The fourth-order valence-corrected chi connectivity index (χ4v) is 1.68. The van der Waals surface area contributed by atoms with E-state index in [0.717, 1.165) is 17.7 Å². The Kier molecular flexibility index (Phi) is 3.96. The van der Waals surface area contributed by atoms with Gasteiger partial charge in [-0.3, -0.25) is 4.98 Å². The number of nitrogens with two attached hydrogens (primary N) is 1. The number of halogens is 1. The molecule has 2 N–H and O–H groups in total. The number of ether oxygens (including phenoxy) is 1. The minimum Gasteiger partial charge on any atom is -0.456 e. The van der Waals surface area contributed by atoms with Gasteiger partial charge in [-0.15, -0.1) is 0 Å². The molecule has 88 valence electrons. The Labute approximate surface area is 105 Å². The number of hydrogen-bond donors (Lipinski definition) is 1. The van der Waals surface area contributed by atoms with Crippen molar-refractivity contribution in [3.05, 3.63) is 53.3 Å². The van der Waals surface area contributed by atoms with Crippen molar-refractivity contribution < 1.29 is 4.74 Å². The van der Waals surface area contributed by atoms with Crippen LogP contribution < -0.4 is 10.5 Å². The van der Waals surface area contributed by atoms with Crippen LogP contribution in [0.1, 0.15) is 5.56 Å². The maximum Gasteiger partial charge on any atom is 0.147 e. The zero-order chi connectivity index (χ0) is 12.1. The lowest BCUT2D eigenvalue weighted by Crippen LogP contribution is -2.02. The standard InChI is InChI=1S/C13H13ClN2O/c14-11-7-13(9-16-8-11)17-12-3-1-2-10(6-12)4-5-15/h1-3,6-9H,4-5,15H2. The smallest absolute Gasteiger partial charge is 0.147 e. The van der Waals surface area contributed by atoms with E-state index in [1.54, 1.807) is 18.5 Å². The third kappa shape index (κ3) is 3.44. The van der Waals surface area contributed by atoms with E-state index in [0.29, 0.717) is 17.3 Å². The Morgan fingerprint density at radius 3 is 2.82 bits per heavy atom. The van der Waals surface area contributed by atoms with Crippen LogP contribution in [-0.2, 0) is 6.42 Å². The first kappa shape index (κ1) is 11.9. The largest absolute Gasteiger partial charge is 0.456 e. The predicted molar refractivity (Wildman–Crippen MR) is 68.5 cm³/mol. The van der Waals surface area contributed by atoms with Crippen molar-refractivity contribution in [1.29, 1.82) is 0 Å². The molecule has 0 spiro atoms. The van der Waals surface area contributed by atoms with Gasteiger partial charge >= 0.3 is 0 Å². The van der Waals surface area contributed by atoms with Gasteiger partial charge in [0.05, 0.1) is 11.2 Å². The van der Waals surface area contributed by atoms with Gasteiger partial charge < -0.3 is 10.5 Å². The van der Waals surface area contributed by atoms with Crippen LogP contribution in [0.5, 0.6) is 11.5 Å². The van der Waals surface area contributed by atoms with Gasteiger partial charge in [0, 0.05) is 12.3 Å². The lowest BCUT2D eigenvalue weighted by Gasteiger charge is -2.07. The molecule has 0 fully saturated rings. The summed E-state index contributed by atoms with van der Waals surface area (Å²) in [5, 5.41) is 0.556. The van der Waals surface area contributed by atoms with E-state index in [-0.39, 0.29) is 0 Å². The SMILES string of the molecule is NCCc1cccc(Oc2cncc(Cl)c2)c1. The van der Waals surface area contributed by atoms with E-state index in [1.807, 2.05) is 24.3 Å². The molecule has 0 aliphatic heterocycles. The van der Waals surface area contributed by atoms with Crippen molar-refractivity contribution in [2.24, 2.45) is 5.73 Å². The van der Waals surface area contributed by atoms with Crippen LogP contribution in [0.4, 0.5) is 0 Å². The van der Waals surface area contributed by atoms with Gasteiger partial charge in [0.2, 0.25) is 0 Å². The Morgan fingerprint density at radius 2 is 2.06 bits per heavy atom. The first-order valence-corrected chi connectivity index (χ1v) is 5.73. The highest BCUT2D eigenvalue weighted by Gasteiger charge is 2.00. The molecule has 0 amide bonds. The highest BCUT2D eigenvalue weighted by Crippen LogP contribution is 2.23. The average Bonchev–Trinajstić information content (AvgIpc) is 2.30. The topological polar surface area (TPSA) is 48.1 Å². The fraction of sp³-hybridized carbons (Fsp3) is 0.154. The Balaban J connectivity index is 2.15. The van der Waals surface area contributed by atoms with Crippen LogP contribution in [0.2, 0.25) is 5.02 Å². The Hall–Kier alpha value is -1.58. The summed E-state index contributed by atoms with van der Waals surface area (Å²) in [6.45, 7) is 0.627. The van der Waals surface area contributed by atoms with E-state index in [4.69, 9.17) is 22.1 Å². The van der Waals surface area contributed by atoms with Crippen LogP contribution in [0.15, 0.2) is 42.7 Å². The lowest BCUT2D eigenvalue weighted by molar-refractivity contribution is 0.479. The molecule has 0 atom stereocenters. The van der Waals surface area contributed by atoms with Crippen LogP contribution in [-0.4, -0.2) is 11.5 Å². The van der Waals surface area contributed by atoms with Crippen molar-refractivity contribution in [1.82, 2.24) is 4.98 Å². The zero-order valence-electron chi connectivity index (χ0n) is 9.27. The normalized spacial score (nSPS) is 10.2. The third-order valence-electron chi connectivity index (χ3n) is 2.25. The fourth-order valence-electron chi connectivity index (χ4n) is 1.52. The zero-order valence-corrected chi connectivity index (χ0v) is 10.0. The molecule has 2 aromatic rings. The molecule has 0 bridgehead atoms. The van der Waals surface area contributed by atoms with Gasteiger partial charge in [-0.25, -0.2) is 0 Å². The molecular weight excluding hydrogens is 236 g/mol. The van der Waals surface area contributed by atoms with Crippen LogP contribution in [0, 0.1) is 0 Å².